The summed E-state index contributed by atoms with van der Waals surface area (Å²) in [6.45, 7) is 12.3. The molecule has 0 radical (unpaired) electrons. The molecule has 2 saturated heterocycles. The second kappa shape index (κ2) is 26.8. The number of allylic oxidation sites excluding steroid dienone is 2. The number of benzene rings is 3. The van der Waals surface area contributed by atoms with E-state index in [0.717, 1.165) is 48.1 Å². The van der Waals surface area contributed by atoms with Gasteiger partial charge in [0, 0.05) is 43.2 Å². The minimum Gasteiger partial charge on any atom is -0.469 e. The molecule has 0 aromatic heterocycles. The molecule has 2 N–H and O–H groups in total. The van der Waals surface area contributed by atoms with Gasteiger partial charge in [0.15, 0.2) is 5.78 Å². The van der Waals surface area contributed by atoms with Crippen LogP contribution < -0.4 is 15.5 Å². The molecule has 0 spiro atoms. The van der Waals surface area contributed by atoms with Crippen molar-refractivity contribution in [1.82, 2.24) is 15.1 Å². The van der Waals surface area contributed by atoms with E-state index in [0.29, 0.717) is 63.7 Å². The molecule has 0 saturated carbocycles. The summed E-state index contributed by atoms with van der Waals surface area (Å²) in [6, 6.07) is 20.7. The van der Waals surface area contributed by atoms with Crippen LogP contribution in [0.15, 0.2) is 84.9 Å². The lowest BCUT2D eigenvalue weighted by Crippen LogP contribution is -2.56. The summed E-state index contributed by atoms with van der Waals surface area (Å²) in [5, 5.41) is 5.66. The molecule has 0 bridgehead atoms. The van der Waals surface area contributed by atoms with Gasteiger partial charge in [0.25, 0.3) is 0 Å². The number of hydrogen-bond donors (Lipinski definition) is 2. The van der Waals surface area contributed by atoms with Crippen LogP contribution >= 0.6 is 0 Å². The van der Waals surface area contributed by atoms with Gasteiger partial charge in [-0.1, -0.05) is 82.7 Å². The van der Waals surface area contributed by atoms with Crippen LogP contribution in [-0.4, -0.2) is 90.8 Å². The van der Waals surface area contributed by atoms with Gasteiger partial charge in [0.2, 0.25) is 17.7 Å². The molecule has 2 aliphatic heterocycles. The number of rotatable bonds is 24. The van der Waals surface area contributed by atoms with E-state index < -0.39 is 24.2 Å². The van der Waals surface area contributed by atoms with Gasteiger partial charge in [-0.15, -0.1) is 0 Å². The van der Waals surface area contributed by atoms with Crippen LogP contribution in [0.2, 0.25) is 0 Å². The molecule has 2 fully saturated rings. The number of aryl methyl sites for hydroxylation is 1. The lowest BCUT2D eigenvalue weighted by Gasteiger charge is -2.34. The number of amides is 4. The van der Waals surface area contributed by atoms with E-state index in [2.05, 4.69) is 39.8 Å². The Kier molecular flexibility index (Phi) is 21.0. The molecule has 4 amide bonds. The Morgan fingerprint density at radius 1 is 0.829 bits per heavy atom. The van der Waals surface area contributed by atoms with Crippen molar-refractivity contribution >= 4 is 46.9 Å². The van der Waals surface area contributed by atoms with Gasteiger partial charge in [-0.05, 0) is 137 Å². The average molecular weight is 966 g/mol. The number of esters is 1. The average Bonchev–Trinajstić information content (AvgIpc) is 4.05. The van der Waals surface area contributed by atoms with Crippen LogP contribution in [0.25, 0.3) is 0 Å². The van der Waals surface area contributed by atoms with E-state index in [-0.39, 0.29) is 71.5 Å². The number of carbonyl (C=O) groups is 6. The number of Topliss-reactive ketones (excluding diaryl/α,β-unsaturated/α-hetero) is 1. The summed E-state index contributed by atoms with van der Waals surface area (Å²) in [5.41, 5.74) is 4.76. The van der Waals surface area contributed by atoms with Crippen LogP contribution in [0.4, 0.5) is 20.6 Å². The summed E-state index contributed by atoms with van der Waals surface area (Å²) in [4.78, 5) is 84.7. The number of ketones is 1. The quantitative estimate of drug-likeness (QED) is 0.0659. The molecule has 5 rings (SSSR count). The number of carbonyl (C=O) groups excluding carboxylic acids is 6. The highest BCUT2D eigenvalue weighted by Gasteiger charge is 2.39. The Morgan fingerprint density at radius 2 is 1.47 bits per heavy atom. The summed E-state index contributed by atoms with van der Waals surface area (Å²) < 4.78 is 23.9. The second-order valence-electron chi connectivity index (χ2n) is 19.0. The highest BCUT2D eigenvalue weighted by atomic mass is 19.1. The van der Waals surface area contributed by atoms with Crippen LogP contribution in [0.5, 0.6) is 0 Å². The second-order valence-corrected chi connectivity index (χ2v) is 19.0. The third-order valence-corrected chi connectivity index (χ3v) is 14.3. The van der Waals surface area contributed by atoms with Crippen molar-refractivity contribution in [2.24, 2.45) is 17.8 Å². The predicted octanol–water partition coefficient (Wildman–Crippen LogP) is 10.3. The number of hydrogen-bond acceptors (Lipinski definition) is 9. The zero-order chi connectivity index (χ0) is 50.9. The highest BCUT2D eigenvalue weighted by Crippen LogP contribution is 2.47. The van der Waals surface area contributed by atoms with Gasteiger partial charge < -0.3 is 34.8 Å². The van der Waals surface area contributed by atoms with E-state index in [1.807, 2.05) is 83.2 Å². The fraction of sp³-hybridized carbons (Fsp3) is 0.536. The van der Waals surface area contributed by atoms with E-state index in [4.69, 9.17) is 9.47 Å². The molecular formula is C56H76FN5O8. The number of anilines is 2. The highest BCUT2D eigenvalue weighted by molar-refractivity contribution is 5.98. The lowest BCUT2D eigenvalue weighted by atomic mass is 9.87. The normalized spacial score (nSPS) is 19.0. The fourth-order valence-corrected chi connectivity index (χ4v) is 10.1. The Bertz CT molecular complexity index is 2230. The smallest absolute Gasteiger partial charge is 0.407 e. The Hall–Kier alpha value is -6.05. The lowest BCUT2D eigenvalue weighted by molar-refractivity contribution is -0.143. The maximum Gasteiger partial charge on any atom is 0.407 e. The zero-order valence-electron chi connectivity index (χ0n) is 42.6. The third kappa shape index (κ3) is 14.3. The van der Waals surface area contributed by atoms with Crippen molar-refractivity contribution in [3.05, 3.63) is 107 Å². The van der Waals surface area contributed by atoms with Crippen molar-refractivity contribution in [1.29, 1.82) is 0 Å². The van der Waals surface area contributed by atoms with Gasteiger partial charge in [-0.25, -0.2) is 9.18 Å². The molecular weight excluding hydrogens is 890 g/mol. The molecule has 8 atom stereocenters. The molecule has 70 heavy (non-hydrogen) atoms. The van der Waals surface area contributed by atoms with E-state index in [1.54, 1.807) is 11.8 Å². The molecule has 14 heteroatoms. The van der Waals surface area contributed by atoms with Crippen molar-refractivity contribution in [3.63, 3.8) is 0 Å². The Morgan fingerprint density at radius 3 is 2.06 bits per heavy atom. The number of ether oxygens (including phenoxy) is 2. The van der Waals surface area contributed by atoms with Crippen molar-refractivity contribution in [2.45, 2.75) is 149 Å². The minimum atomic E-state index is -0.845. The first-order chi connectivity index (χ1) is 33.6. The third-order valence-electron chi connectivity index (χ3n) is 14.3. The molecule has 13 nitrogen and oxygen atoms in total. The summed E-state index contributed by atoms with van der Waals surface area (Å²) in [5.74, 6) is -1.73. The van der Waals surface area contributed by atoms with Gasteiger partial charge in [0.05, 0.1) is 32.3 Å². The number of methoxy groups -OCH3 is 2. The topological polar surface area (TPSA) is 155 Å². The van der Waals surface area contributed by atoms with E-state index >= 15 is 0 Å². The summed E-state index contributed by atoms with van der Waals surface area (Å²) in [6.07, 6.45) is 10.8. The number of halogens is 1. The predicted molar refractivity (Wildman–Crippen MR) is 271 cm³/mol. The molecule has 380 valence electrons. The zero-order valence-corrected chi connectivity index (χ0v) is 42.6. The monoisotopic (exact) mass is 966 g/mol. The maximum atomic E-state index is 14.3. The van der Waals surface area contributed by atoms with Gasteiger partial charge in [-0.3, -0.25) is 24.0 Å². The number of nitrogens with zero attached hydrogens (tertiary/aromatic N) is 3. The first kappa shape index (κ1) is 54.9. The SMILES string of the molecule is CC=CC(C)C(CCCC(=O)OC)C(=O)N1CCCC1C(=O)CCCc1ccc(C2CCC(c3ccc(NC(=O)C(C)N(CCC)C(=O)C(NC(=O)OC)C(C)CC)cc3)N2c2ccc(F)cc2)cc1. The van der Waals surface area contributed by atoms with Gasteiger partial charge >= 0.3 is 12.1 Å². The standard InChI is InChI=1S/C56H76FN5O8/c1-9-15-38(5)46(17-13-20-51(64)69-7)54(66)61-36-14-18-49(61)50(63)19-12-16-40-21-23-41(24-22-40)47-33-34-48(62(47)45-31-27-43(57)28-32-45)42-25-29-44(30-26-42)58-53(65)39(6)60(35-10-2)55(67)52(37(4)11-3)59-56(68)70-8/h9,15,21-32,37-39,46-49,52H,10-14,16-20,33-36H2,1-8H3,(H,58,65)(H,59,68). The van der Waals surface area contributed by atoms with Gasteiger partial charge in [0.1, 0.15) is 17.9 Å². The largest absolute Gasteiger partial charge is 0.469 e. The van der Waals surface area contributed by atoms with Crippen LogP contribution in [0.1, 0.15) is 141 Å². The first-order valence-electron chi connectivity index (χ1n) is 25.4. The molecule has 3 aromatic carbocycles. The summed E-state index contributed by atoms with van der Waals surface area (Å²) in [7, 11) is 2.62. The Labute approximate surface area is 414 Å². The number of nitrogens with one attached hydrogen (secondary N) is 2. The maximum absolute atomic E-state index is 14.3. The van der Waals surface area contributed by atoms with Crippen LogP contribution in [-0.2, 0) is 39.9 Å². The molecule has 8 unspecified atom stereocenters. The molecule has 2 aliphatic rings. The fourth-order valence-electron chi connectivity index (χ4n) is 10.1. The number of alkyl carbamates (subject to hydrolysis) is 1. The van der Waals surface area contributed by atoms with Crippen molar-refractivity contribution in [3.8, 4) is 0 Å². The molecule has 3 aromatic rings. The van der Waals surface area contributed by atoms with Crippen LogP contribution in [0, 0.1) is 23.6 Å². The molecule has 0 aliphatic carbocycles. The van der Waals surface area contributed by atoms with Gasteiger partial charge in [-0.2, -0.15) is 0 Å². The summed E-state index contributed by atoms with van der Waals surface area (Å²) >= 11 is 0. The number of likely N-dealkylation sites (tertiary alicyclic amines) is 1. The Balaban J connectivity index is 1.23. The van der Waals surface area contributed by atoms with Crippen LogP contribution in [0.3, 0.4) is 0 Å². The molecule has 2 heterocycles. The van der Waals surface area contributed by atoms with Crippen molar-refractivity contribution < 1.29 is 42.6 Å². The van der Waals surface area contributed by atoms with E-state index in [9.17, 15) is 33.2 Å². The van der Waals surface area contributed by atoms with E-state index in [1.165, 1.54) is 31.3 Å². The minimum absolute atomic E-state index is 0.00652. The van der Waals surface area contributed by atoms with Crippen molar-refractivity contribution in [2.75, 3.05) is 37.5 Å². The first-order valence-corrected chi connectivity index (χ1v) is 25.4.